The number of unbranched alkanes of at least 4 members (excludes halogenated alkanes) is 13. The van der Waals surface area contributed by atoms with Crippen LogP contribution in [0.1, 0.15) is 110 Å². The minimum Gasteiger partial charge on any atom is -0.478 e. The molecule has 24 heavy (non-hydrogen) atoms. The summed E-state index contributed by atoms with van der Waals surface area (Å²) in [5, 5.41) is 8.71. The molecule has 0 aromatic rings. The molecule has 0 bridgehead atoms. The highest BCUT2D eigenvalue weighted by Crippen LogP contribution is 2.12. The molecule has 1 N–H and O–H groups in total. The maximum absolute atomic E-state index is 10.6. The van der Waals surface area contributed by atoms with E-state index >= 15 is 0 Å². The van der Waals surface area contributed by atoms with E-state index in [1.807, 2.05) is 0 Å². The van der Waals surface area contributed by atoms with Gasteiger partial charge in [-0.1, -0.05) is 89.9 Å². The van der Waals surface area contributed by atoms with Crippen molar-refractivity contribution < 1.29 is 9.90 Å². The zero-order valence-corrected chi connectivity index (χ0v) is 16.0. The van der Waals surface area contributed by atoms with Gasteiger partial charge in [-0.2, -0.15) is 0 Å². The second kappa shape index (κ2) is 18.3. The Hall–Kier alpha value is -1.05. The molecule has 0 heterocycles. The van der Waals surface area contributed by atoms with Gasteiger partial charge in [0.05, 0.1) is 0 Å². The fourth-order valence-corrected chi connectivity index (χ4v) is 2.87. The van der Waals surface area contributed by atoms with E-state index in [0.717, 1.165) is 12.8 Å². The van der Waals surface area contributed by atoms with Crippen molar-refractivity contribution in [2.45, 2.75) is 110 Å². The topological polar surface area (TPSA) is 37.3 Å². The Labute approximate surface area is 150 Å². The second-order valence-electron chi connectivity index (χ2n) is 6.95. The zero-order valence-electron chi connectivity index (χ0n) is 16.0. The van der Waals surface area contributed by atoms with Crippen molar-refractivity contribution in [1.82, 2.24) is 0 Å². The summed E-state index contributed by atoms with van der Waals surface area (Å²) in [6, 6.07) is 0. The lowest BCUT2D eigenvalue weighted by molar-refractivity contribution is -0.132. The molecular weight excluding hydrogens is 296 g/mol. The van der Waals surface area contributed by atoms with E-state index in [1.54, 1.807) is 0 Å². The average molecular weight is 337 g/mol. The second-order valence-corrected chi connectivity index (χ2v) is 6.95. The number of carbonyl (C=O) groups is 1. The van der Waals surface area contributed by atoms with Crippen LogP contribution in [0.25, 0.3) is 0 Å². The van der Waals surface area contributed by atoms with Gasteiger partial charge in [0.1, 0.15) is 0 Å². The van der Waals surface area contributed by atoms with E-state index < -0.39 is 5.97 Å². The van der Waals surface area contributed by atoms with E-state index in [-0.39, 0.29) is 0 Å². The van der Waals surface area contributed by atoms with Crippen LogP contribution in [0.4, 0.5) is 0 Å². The van der Waals surface area contributed by atoms with Crippen LogP contribution in [-0.2, 0) is 4.79 Å². The number of hydrogen-bond donors (Lipinski definition) is 1. The lowest BCUT2D eigenvalue weighted by Gasteiger charge is -2.02. The van der Waals surface area contributed by atoms with Gasteiger partial charge < -0.3 is 5.11 Å². The molecule has 0 unspecified atom stereocenters. The normalized spacial score (nSPS) is 11.2. The third-order valence-corrected chi connectivity index (χ3v) is 4.54. The molecule has 0 radical (unpaired) electrons. The molecule has 0 spiro atoms. The van der Waals surface area contributed by atoms with Crippen LogP contribution in [0.15, 0.2) is 24.3 Å². The fraction of sp³-hybridized carbons (Fsp3) is 0.773. The smallest absolute Gasteiger partial charge is 0.330 e. The molecule has 0 atom stereocenters. The highest BCUT2D eigenvalue weighted by Gasteiger charge is 2.02. The number of allylic oxidation sites excluding steroid dienone is 2. The Balaban J connectivity index is 3.15. The molecule has 0 saturated heterocycles. The Morgan fingerprint density at radius 2 is 1.17 bits per heavy atom. The monoisotopic (exact) mass is 336 g/mol. The molecule has 0 aromatic heterocycles. The maximum atomic E-state index is 10.6. The molecule has 140 valence electrons. The quantitative estimate of drug-likeness (QED) is 0.160. The predicted octanol–water partition coefficient (Wildman–Crippen LogP) is 7.44. The van der Waals surface area contributed by atoms with Crippen molar-refractivity contribution in [3.63, 3.8) is 0 Å². The molecule has 0 aliphatic rings. The van der Waals surface area contributed by atoms with Gasteiger partial charge in [0.25, 0.3) is 0 Å². The first-order chi connectivity index (χ1) is 11.7. The molecule has 0 rings (SSSR count). The Morgan fingerprint density at radius 3 is 1.62 bits per heavy atom. The van der Waals surface area contributed by atoms with E-state index in [1.165, 1.54) is 83.5 Å². The van der Waals surface area contributed by atoms with Crippen LogP contribution >= 0.6 is 0 Å². The van der Waals surface area contributed by atoms with Crippen LogP contribution in [0.3, 0.4) is 0 Å². The Morgan fingerprint density at radius 1 is 0.750 bits per heavy atom. The third-order valence-electron chi connectivity index (χ3n) is 4.54. The number of aliphatic carboxylic acids is 1. The number of carboxylic acid groups (broad SMARTS) is 1. The summed E-state index contributed by atoms with van der Waals surface area (Å²) in [4.78, 5) is 10.6. The lowest BCUT2D eigenvalue weighted by Crippen LogP contribution is -1.98. The van der Waals surface area contributed by atoms with Crippen LogP contribution in [0.5, 0.6) is 0 Å². The minimum absolute atomic E-state index is 0.350. The minimum atomic E-state index is -0.848. The molecule has 0 aliphatic heterocycles. The highest BCUT2D eigenvalue weighted by molar-refractivity contribution is 5.85. The first-order valence-electron chi connectivity index (χ1n) is 10.2. The highest BCUT2D eigenvalue weighted by atomic mass is 16.4. The van der Waals surface area contributed by atoms with Crippen LogP contribution in [0.2, 0.25) is 0 Å². The summed E-state index contributed by atoms with van der Waals surface area (Å²) in [6.07, 6.45) is 24.7. The molecule has 2 nitrogen and oxygen atoms in total. The van der Waals surface area contributed by atoms with Crippen LogP contribution in [0, 0.1) is 0 Å². The van der Waals surface area contributed by atoms with Crippen LogP contribution in [-0.4, -0.2) is 11.1 Å². The third kappa shape index (κ3) is 17.3. The van der Waals surface area contributed by atoms with E-state index in [2.05, 4.69) is 25.7 Å². The van der Waals surface area contributed by atoms with Gasteiger partial charge in [0, 0.05) is 5.57 Å². The fourth-order valence-electron chi connectivity index (χ4n) is 2.87. The SMILES string of the molecule is C=C(CCCCCCCCC/C=C\CCCCCCCC)C(=O)O. The number of rotatable bonds is 18. The standard InChI is InChI=1S/C22H40O2/c1-3-4-5-6-7-8-9-10-11-12-13-14-15-16-17-18-19-20-21(2)22(23)24/h10-11H,2-9,12-20H2,1H3,(H,23,24)/b11-10-. The van der Waals surface area contributed by atoms with Crippen molar-refractivity contribution in [3.05, 3.63) is 24.3 Å². The molecule has 0 saturated carbocycles. The average Bonchev–Trinajstić information content (AvgIpc) is 2.57. The Kier molecular flexibility index (Phi) is 17.5. The summed E-state index contributed by atoms with van der Waals surface area (Å²) in [5.74, 6) is -0.848. The summed E-state index contributed by atoms with van der Waals surface area (Å²) < 4.78 is 0. The summed E-state index contributed by atoms with van der Waals surface area (Å²) in [7, 11) is 0. The van der Waals surface area contributed by atoms with Gasteiger partial charge in [-0.05, 0) is 38.5 Å². The van der Waals surface area contributed by atoms with Crippen molar-refractivity contribution in [3.8, 4) is 0 Å². The van der Waals surface area contributed by atoms with E-state index in [9.17, 15) is 4.79 Å². The number of carboxylic acids is 1. The van der Waals surface area contributed by atoms with Gasteiger partial charge in [0.2, 0.25) is 0 Å². The van der Waals surface area contributed by atoms with Crippen molar-refractivity contribution in [1.29, 1.82) is 0 Å². The molecular formula is C22H40O2. The van der Waals surface area contributed by atoms with Crippen molar-refractivity contribution >= 4 is 5.97 Å². The summed E-state index contributed by atoms with van der Waals surface area (Å²) in [6.45, 7) is 5.83. The van der Waals surface area contributed by atoms with Gasteiger partial charge >= 0.3 is 5.97 Å². The van der Waals surface area contributed by atoms with Gasteiger partial charge in [0.15, 0.2) is 0 Å². The summed E-state index contributed by atoms with van der Waals surface area (Å²) >= 11 is 0. The zero-order chi connectivity index (χ0) is 17.9. The van der Waals surface area contributed by atoms with Gasteiger partial charge in [-0.15, -0.1) is 0 Å². The Bertz CT molecular complexity index is 331. The maximum Gasteiger partial charge on any atom is 0.330 e. The van der Waals surface area contributed by atoms with Gasteiger partial charge in [-0.3, -0.25) is 0 Å². The summed E-state index contributed by atoms with van der Waals surface area (Å²) in [5.41, 5.74) is 0.350. The van der Waals surface area contributed by atoms with E-state index in [4.69, 9.17) is 5.11 Å². The molecule has 0 fully saturated rings. The molecule has 0 aromatic carbocycles. The lowest BCUT2D eigenvalue weighted by atomic mass is 10.0. The van der Waals surface area contributed by atoms with Crippen molar-refractivity contribution in [2.24, 2.45) is 0 Å². The predicted molar refractivity (Wildman–Crippen MR) is 105 cm³/mol. The molecule has 0 amide bonds. The van der Waals surface area contributed by atoms with Crippen molar-refractivity contribution in [2.75, 3.05) is 0 Å². The largest absolute Gasteiger partial charge is 0.478 e. The first kappa shape index (κ1) is 22.9. The number of hydrogen-bond acceptors (Lipinski definition) is 1. The molecule has 0 aliphatic carbocycles. The van der Waals surface area contributed by atoms with Crippen LogP contribution < -0.4 is 0 Å². The molecule has 2 heteroatoms. The first-order valence-corrected chi connectivity index (χ1v) is 10.2. The van der Waals surface area contributed by atoms with Gasteiger partial charge in [-0.25, -0.2) is 4.79 Å². The van der Waals surface area contributed by atoms with E-state index in [0.29, 0.717) is 12.0 Å².